The summed E-state index contributed by atoms with van der Waals surface area (Å²) in [5.74, 6) is 0.937. The number of hydrogen-bond donors (Lipinski definition) is 1. The van der Waals surface area contributed by atoms with E-state index in [0.29, 0.717) is 6.61 Å². The van der Waals surface area contributed by atoms with Crippen molar-refractivity contribution in [2.45, 2.75) is 19.4 Å². The highest BCUT2D eigenvalue weighted by Gasteiger charge is 2.19. The third kappa shape index (κ3) is 1.87. The molecule has 1 amide bonds. The van der Waals surface area contributed by atoms with Gasteiger partial charge in [-0.25, -0.2) is 0 Å². The Labute approximate surface area is 83.1 Å². The summed E-state index contributed by atoms with van der Waals surface area (Å²) in [5, 5.41) is 2.86. The van der Waals surface area contributed by atoms with Gasteiger partial charge in [-0.2, -0.15) is 0 Å². The van der Waals surface area contributed by atoms with E-state index in [9.17, 15) is 4.79 Å². The van der Waals surface area contributed by atoms with Crippen LogP contribution >= 0.6 is 0 Å². The van der Waals surface area contributed by atoms with E-state index in [1.165, 1.54) is 6.92 Å². The van der Waals surface area contributed by atoms with Gasteiger partial charge in [0.05, 0.1) is 6.04 Å². The minimum absolute atomic E-state index is 0.00187. The summed E-state index contributed by atoms with van der Waals surface area (Å²) in [4.78, 5) is 10.9. The molecule has 0 aliphatic carbocycles. The third-order valence-corrected chi connectivity index (χ3v) is 2.29. The van der Waals surface area contributed by atoms with Crippen molar-refractivity contribution in [3.63, 3.8) is 0 Å². The maximum absolute atomic E-state index is 10.9. The zero-order valence-electron chi connectivity index (χ0n) is 8.12. The van der Waals surface area contributed by atoms with Gasteiger partial charge < -0.3 is 10.1 Å². The van der Waals surface area contributed by atoms with Crippen molar-refractivity contribution in [2.24, 2.45) is 0 Å². The number of hydrogen-bond acceptors (Lipinski definition) is 2. The fourth-order valence-electron chi connectivity index (χ4n) is 1.71. The van der Waals surface area contributed by atoms with Gasteiger partial charge in [-0.1, -0.05) is 18.2 Å². The molecule has 0 saturated carbocycles. The number of ether oxygens (including phenoxy) is 1. The summed E-state index contributed by atoms with van der Waals surface area (Å²) in [6.07, 6.45) is 0.857. The van der Waals surface area contributed by atoms with E-state index in [1.54, 1.807) is 0 Å². The van der Waals surface area contributed by atoms with Gasteiger partial charge in [-0.05, 0) is 18.1 Å². The largest absolute Gasteiger partial charge is 0.491 e. The number of amides is 1. The fraction of sp³-hybridized carbons (Fsp3) is 0.364. The van der Waals surface area contributed by atoms with Crippen LogP contribution in [0.3, 0.4) is 0 Å². The number of nitrogens with one attached hydrogen (secondary N) is 1. The summed E-state index contributed by atoms with van der Waals surface area (Å²) >= 11 is 0. The lowest BCUT2D eigenvalue weighted by atomic mass is 10.0. The maximum atomic E-state index is 10.9. The van der Waals surface area contributed by atoms with E-state index >= 15 is 0 Å². The van der Waals surface area contributed by atoms with Gasteiger partial charge in [-0.15, -0.1) is 0 Å². The minimum atomic E-state index is -0.00187. The SMILES string of the molecule is CC(=O)N[C@@H]1COc2ccccc2C1. The van der Waals surface area contributed by atoms with Crippen molar-refractivity contribution in [3.05, 3.63) is 29.8 Å². The van der Waals surface area contributed by atoms with Gasteiger partial charge in [0.25, 0.3) is 0 Å². The van der Waals surface area contributed by atoms with Crippen LogP contribution in [0.2, 0.25) is 0 Å². The number of carbonyl (C=O) groups is 1. The van der Waals surface area contributed by atoms with Crippen molar-refractivity contribution in [3.8, 4) is 5.75 Å². The van der Waals surface area contributed by atoms with Gasteiger partial charge in [0.2, 0.25) is 5.91 Å². The Morgan fingerprint density at radius 1 is 1.50 bits per heavy atom. The van der Waals surface area contributed by atoms with E-state index in [1.807, 2.05) is 24.3 Å². The van der Waals surface area contributed by atoms with Crippen LogP contribution in [0.15, 0.2) is 24.3 Å². The zero-order chi connectivity index (χ0) is 9.97. The van der Waals surface area contributed by atoms with Gasteiger partial charge in [0, 0.05) is 6.92 Å². The normalized spacial score (nSPS) is 19.4. The summed E-state index contributed by atoms with van der Waals surface area (Å²) in [5.41, 5.74) is 1.16. The minimum Gasteiger partial charge on any atom is -0.491 e. The molecule has 1 atom stereocenters. The molecule has 0 aromatic heterocycles. The van der Waals surface area contributed by atoms with Crippen molar-refractivity contribution >= 4 is 5.91 Å². The molecule has 0 fully saturated rings. The van der Waals surface area contributed by atoms with Crippen molar-refractivity contribution < 1.29 is 9.53 Å². The highest BCUT2D eigenvalue weighted by molar-refractivity contribution is 5.73. The first-order chi connectivity index (χ1) is 6.75. The number of fused-ring (bicyclic) bond motifs is 1. The number of para-hydroxylation sites is 1. The first kappa shape index (κ1) is 9.06. The van der Waals surface area contributed by atoms with Crippen LogP contribution in [0.5, 0.6) is 5.75 Å². The first-order valence-electron chi connectivity index (χ1n) is 4.73. The molecule has 0 saturated heterocycles. The average molecular weight is 191 g/mol. The predicted molar refractivity (Wildman–Crippen MR) is 53.2 cm³/mol. The molecule has 2 rings (SSSR count). The Morgan fingerprint density at radius 2 is 2.29 bits per heavy atom. The molecule has 3 nitrogen and oxygen atoms in total. The molecule has 1 N–H and O–H groups in total. The Balaban J connectivity index is 2.09. The van der Waals surface area contributed by atoms with Crippen LogP contribution in [0, 0.1) is 0 Å². The van der Waals surface area contributed by atoms with Crippen molar-refractivity contribution in [1.29, 1.82) is 0 Å². The second-order valence-corrected chi connectivity index (χ2v) is 3.52. The highest BCUT2D eigenvalue weighted by Crippen LogP contribution is 2.23. The molecule has 1 aliphatic rings. The van der Waals surface area contributed by atoms with Gasteiger partial charge >= 0.3 is 0 Å². The quantitative estimate of drug-likeness (QED) is 0.722. The van der Waals surface area contributed by atoms with Crippen molar-refractivity contribution in [2.75, 3.05) is 6.61 Å². The molecule has 0 radical (unpaired) electrons. The molecular formula is C11H13NO2. The Morgan fingerprint density at radius 3 is 3.07 bits per heavy atom. The highest BCUT2D eigenvalue weighted by atomic mass is 16.5. The maximum Gasteiger partial charge on any atom is 0.217 e. The van der Waals surface area contributed by atoms with Crippen LogP contribution in [0.4, 0.5) is 0 Å². The first-order valence-corrected chi connectivity index (χ1v) is 4.73. The second kappa shape index (κ2) is 3.70. The Hall–Kier alpha value is -1.51. The summed E-state index contributed by atoms with van der Waals surface area (Å²) in [7, 11) is 0. The Bertz CT molecular complexity index is 349. The van der Waals surface area contributed by atoms with Crippen LogP contribution in [0.25, 0.3) is 0 Å². The molecule has 0 bridgehead atoms. The van der Waals surface area contributed by atoms with Gasteiger partial charge in [0.1, 0.15) is 12.4 Å². The van der Waals surface area contributed by atoms with Crippen LogP contribution in [0.1, 0.15) is 12.5 Å². The molecule has 74 valence electrons. The lowest BCUT2D eigenvalue weighted by molar-refractivity contribution is -0.119. The van der Waals surface area contributed by atoms with Crippen LogP contribution in [-0.2, 0) is 11.2 Å². The molecule has 1 aromatic carbocycles. The van der Waals surface area contributed by atoms with Crippen LogP contribution in [-0.4, -0.2) is 18.6 Å². The van der Waals surface area contributed by atoms with E-state index < -0.39 is 0 Å². The monoisotopic (exact) mass is 191 g/mol. The number of carbonyl (C=O) groups excluding carboxylic acids is 1. The van der Waals surface area contributed by atoms with Crippen molar-refractivity contribution in [1.82, 2.24) is 5.32 Å². The van der Waals surface area contributed by atoms with Gasteiger partial charge in [-0.3, -0.25) is 4.79 Å². The number of rotatable bonds is 1. The zero-order valence-corrected chi connectivity index (χ0v) is 8.12. The Kier molecular flexibility index (Phi) is 2.39. The average Bonchev–Trinajstić information content (AvgIpc) is 2.17. The molecule has 0 spiro atoms. The number of benzene rings is 1. The smallest absolute Gasteiger partial charge is 0.217 e. The predicted octanol–water partition coefficient (Wildman–Crippen LogP) is 1.13. The molecule has 14 heavy (non-hydrogen) atoms. The molecule has 0 unspecified atom stereocenters. The molecular weight excluding hydrogens is 178 g/mol. The second-order valence-electron chi connectivity index (χ2n) is 3.52. The molecule has 1 aromatic rings. The standard InChI is InChI=1S/C11H13NO2/c1-8(13)12-10-6-9-4-2-3-5-11(9)14-7-10/h2-5,10H,6-7H2,1H3,(H,12,13)/t10-/m0/s1. The molecule has 1 heterocycles. The fourth-order valence-corrected chi connectivity index (χ4v) is 1.71. The van der Waals surface area contributed by atoms with Gasteiger partial charge in [0.15, 0.2) is 0 Å². The van der Waals surface area contributed by atoms with E-state index in [4.69, 9.17) is 4.74 Å². The summed E-state index contributed by atoms with van der Waals surface area (Å²) in [6.45, 7) is 2.09. The van der Waals surface area contributed by atoms with Crippen LogP contribution < -0.4 is 10.1 Å². The topological polar surface area (TPSA) is 38.3 Å². The van der Waals surface area contributed by atoms with E-state index in [-0.39, 0.29) is 11.9 Å². The van der Waals surface area contributed by atoms with E-state index in [0.717, 1.165) is 17.7 Å². The lowest BCUT2D eigenvalue weighted by Gasteiger charge is -2.25. The molecule has 3 heteroatoms. The lowest BCUT2D eigenvalue weighted by Crippen LogP contribution is -2.41. The molecule has 1 aliphatic heterocycles. The third-order valence-electron chi connectivity index (χ3n) is 2.29. The summed E-state index contributed by atoms with van der Waals surface area (Å²) in [6, 6.07) is 8.04. The summed E-state index contributed by atoms with van der Waals surface area (Å²) < 4.78 is 5.52. The van der Waals surface area contributed by atoms with E-state index in [2.05, 4.69) is 5.32 Å².